The second-order valence-corrected chi connectivity index (χ2v) is 5.15. The summed E-state index contributed by atoms with van der Waals surface area (Å²) >= 11 is 0. The van der Waals surface area contributed by atoms with E-state index in [-0.39, 0.29) is 12.4 Å². The van der Waals surface area contributed by atoms with Gasteiger partial charge in [0.25, 0.3) is 0 Å². The molecule has 4 nitrogen and oxygen atoms in total. The molecule has 1 unspecified atom stereocenters. The minimum atomic E-state index is -2.84. The number of halogens is 2. The van der Waals surface area contributed by atoms with Gasteiger partial charge in [-0.05, 0) is 36.8 Å². The molecule has 0 saturated carbocycles. The van der Waals surface area contributed by atoms with Crippen LogP contribution in [-0.4, -0.2) is 29.9 Å². The van der Waals surface area contributed by atoms with Crippen molar-refractivity contribution in [1.29, 1.82) is 0 Å². The molecular weight excluding hydrogens is 266 g/mol. The topological polar surface area (TPSA) is 54.4 Å². The molecule has 1 aromatic heterocycles. The maximum atomic E-state index is 12.0. The van der Waals surface area contributed by atoms with Gasteiger partial charge in [-0.15, -0.1) is 0 Å². The van der Waals surface area contributed by atoms with Gasteiger partial charge in [0.1, 0.15) is 11.6 Å². The Bertz CT molecular complexity index is 372. The maximum Gasteiger partial charge on any atom is 0.387 e. The molecule has 1 atom stereocenters. The molecule has 0 radical (unpaired) electrons. The number of anilines is 1. The Balaban J connectivity index is 2.46. The molecule has 0 aliphatic carbocycles. The van der Waals surface area contributed by atoms with Gasteiger partial charge in [0.15, 0.2) is 0 Å². The lowest BCUT2D eigenvalue weighted by atomic mass is 9.94. The quantitative estimate of drug-likeness (QED) is 0.733. The van der Waals surface area contributed by atoms with Crippen LogP contribution in [0.15, 0.2) is 18.3 Å². The lowest BCUT2D eigenvalue weighted by Gasteiger charge is -2.19. The van der Waals surface area contributed by atoms with Crippen LogP contribution in [0.1, 0.15) is 26.7 Å². The number of rotatable bonds is 9. The largest absolute Gasteiger partial charge is 0.433 e. The van der Waals surface area contributed by atoms with E-state index in [0.717, 1.165) is 12.8 Å². The smallest absolute Gasteiger partial charge is 0.387 e. The third-order valence-electron chi connectivity index (χ3n) is 2.88. The zero-order valence-electron chi connectivity index (χ0n) is 11.9. The van der Waals surface area contributed by atoms with Crippen molar-refractivity contribution >= 4 is 5.82 Å². The Morgan fingerprint density at radius 1 is 1.35 bits per heavy atom. The van der Waals surface area contributed by atoms with Gasteiger partial charge in [-0.2, -0.15) is 8.78 Å². The van der Waals surface area contributed by atoms with Gasteiger partial charge in [-0.25, -0.2) is 4.98 Å². The lowest BCUT2D eigenvalue weighted by Crippen LogP contribution is -2.18. The van der Waals surface area contributed by atoms with Crippen LogP contribution in [-0.2, 0) is 0 Å². The standard InChI is InChI=1S/C14H22F2N2O2/c1-10(2)7-11(5-6-19)8-17-13-4-3-12(9-18-13)20-14(15)16/h3-4,9-11,14,19H,5-8H2,1-2H3,(H,17,18). The molecule has 0 spiro atoms. The molecule has 0 fully saturated rings. The van der Waals surface area contributed by atoms with Crippen molar-refractivity contribution < 1.29 is 18.6 Å². The number of alkyl halides is 2. The SMILES string of the molecule is CC(C)CC(CCO)CNc1ccc(OC(F)F)cn1. The van der Waals surface area contributed by atoms with Crippen molar-refractivity contribution in [2.24, 2.45) is 11.8 Å². The van der Waals surface area contributed by atoms with Gasteiger partial charge < -0.3 is 15.2 Å². The van der Waals surface area contributed by atoms with E-state index in [1.807, 2.05) is 0 Å². The zero-order valence-corrected chi connectivity index (χ0v) is 11.9. The molecule has 1 aromatic rings. The summed E-state index contributed by atoms with van der Waals surface area (Å²) in [6.07, 6.45) is 3.01. The molecule has 0 aliphatic rings. The van der Waals surface area contributed by atoms with Gasteiger partial charge in [0.2, 0.25) is 0 Å². The molecule has 6 heteroatoms. The van der Waals surface area contributed by atoms with Crippen molar-refractivity contribution in [2.45, 2.75) is 33.3 Å². The van der Waals surface area contributed by atoms with Gasteiger partial charge in [0.05, 0.1) is 6.20 Å². The average molecular weight is 288 g/mol. The second-order valence-electron chi connectivity index (χ2n) is 5.15. The van der Waals surface area contributed by atoms with E-state index in [2.05, 4.69) is 28.9 Å². The first kappa shape index (κ1) is 16.6. The zero-order chi connectivity index (χ0) is 15.0. The van der Waals surface area contributed by atoms with Crippen molar-refractivity contribution in [1.82, 2.24) is 4.98 Å². The van der Waals surface area contributed by atoms with Crippen molar-refractivity contribution in [2.75, 3.05) is 18.5 Å². The number of aliphatic hydroxyl groups is 1. The first-order valence-corrected chi connectivity index (χ1v) is 6.76. The number of aromatic nitrogens is 1. The number of pyridine rings is 1. The van der Waals surface area contributed by atoms with E-state index in [1.165, 1.54) is 12.3 Å². The molecule has 1 heterocycles. The molecule has 1 rings (SSSR count). The summed E-state index contributed by atoms with van der Waals surface area (Å²) in [6, 6.07) is 3.05. The fourth-order valence-corrected chi connectivity index (χ4v) is 2.06. The highest BCUT2D eigenvalue weighted by molar-refractivity contribution is 5.37. The Morgan fingerprint density at radius 2 is 2.10 bits per heavy atom. The average Bonchev–Trinajstić information content (AvgIpc) is 2.36. The predicted molar refractivity (Wildman–Crippen MR) is 74.0 cm³/mol. The maximum absolute atomic E-state index is 12.0. The van der Waals surface area contributed by atoms with E-state index in [4.69, 9.17) is 5.11 Å². The van der Waals surface area contributed by atoms with Crippen molar-refractivity contribution in [3.05, 3.63) is 18.3 Å². The third-order valence-corrected chi connectivity index (χ3v) is 2.88. The number of nitrogens with one attached hydrogen (secondary N) is 1. The number of hydrogen-bond donors (Lipinski definition) is 2. The fraction of sp³-hybridized carbons (Fsp3) is 0.643. The summed E-state index contributed by atoms with van der Waals surface area (Å²) in [5.41, 5.74) is 0. The first-order chi connectivity index (χ1) is 9.51. The number of hydrogen-bond acceptors (Lipinski definition) is 4. The molecular formula is C14H22F2N2O2. The summed E-state index contributed by atoms with van der Waals surface area (Å²) < 4.78 is 28.2. The molecule has 0 saturated heterocycles. The van der Waals surface area contributed by atoms with E-state index >= 15 is 0 Å². The Morgan fingerprint density at radius 3 is 2.60 bits per heavy atom. The van der Waals surface area contributed by atoms with Crippen LogP contribution in [0.2, 0.25) is 0 Å². The highest BCUT2D eigenvalue weighted by atomic mass is 19.3. The minimum absolute atomic E-state index is 0.0413. The third kappa shape index (κ3) is 6.65. The highest BCUT2D eigenvalue weighted by Crippen LogP contribution is 2.18. The summed E-state index contributed by atoms with van der Waals surface area (Å²) in [5.74, 6) is 1.57. The van der Waals surface area contributed by atoms with E-state index < -0.39 is 6.61 Å². The summed E-state index contributed by atoms with van der Waals surface area (Å²) in [6.45, 7) is 2.29. The van der Waals surface area contributed by atoms with Gasteiger partial charge in [0, 0.05) is 13.2 Å². The molecule has 114 valence electrons. The van der Waals surface area contributed by atoms with Crippen molar-refractivity contribution in [3.8, 4) is 5.75 Å². The number of ether oxygens (including phenoxy) is 1. The van der Waals surface area contributed by atoms with Crippen LogP contribution >= 0.6 is 0 Å². The normalized spacial score (nSPS) is 12.8. The minimum Gasteiger partial charge on any atom is -0.433 e. The highest BCUT2D eigenvalue weighted by Gasteiger charge is 2.11. The van der Waals surface area contributed by atoms with E-state index in [1.54, 1.807) is 6.07 Å². The van der Waals surface area contributed by atoms with Gasteiger partial charge in [-0.1, -0.05) is 13.8 Å². The molecule has 0 aromatic carbocycles. The first-order valence-electron chi connectivity index (χ1n) is 6.76. The van der Waals surface area contributed by atoms with Crippen LogP contribution in [0.3, 0.4) is 0 Å². The predicted octanol–water partition coefficient (Wildman–Crippen LogP) is 3.14. The summed E-state index contributed by atoms with van der Waals surface area (Å²) in [4.78, 5) is 4.01. The van der Waals surface area contributed by atoms with E-state index in [0.29, 0.717) is 24.2 Å². The van der Waals surface area contributed by atoms with Crippen LogP contribution < -0.4 is 10.1 Å². The van der Waals surface area contributed by atoms with Crippen LogP contribution in [0.4, 0.5) is 14.6 Å². The van der Waals surface area contributed by atoms with Gasteiger partial charge >= 0.3 is 6.61 Å². The second kappa shape index (κ2) is 8.68. The Kier molecular flexibility index (Phi) is 7.22. The van der Waals surface area contributed by atoms with Gasteiger partial charge in [-0.3, -0.25) is 0 Å². The summed E-state index contributed by atoms with van der Waals surface area (Å²) in [7, 11) is 0. The molecule has 20 heavy (non-hydrogen) atoms. The molecule has 0 bridgehead atoms. The summed E-state index contributed by atoms with van der Waals surface area (Å²) in [5, 5.41) is 12.2. The Hall–Kier alpha value is -1.43. The number of aliphatic hydroxyl groups excluding tert-OH is 1. The fourth-order valence-electron chi connectivity index (χ4n) is 2.06. The Labute approximate surface area is 118 Å². The monoisotopic (exact) mass is 288 g/mol. The van der Waals surface area contributed by atoms with E-state index in [9.17, 15) is 8.78 Å². The van der Waals surface area contributed by atoms with Crippen LogP contribution in [0.5, 0.6) is 5.75 Å². The number of nitrogens with zero attached hydrogens (tertiary/aromatic N) is 1. The molecule has 2 N–H and O–H groups in total. The lowest BCUT2D eigenvalue weighted by molar-refractivity contribution is -0.0500. The molecule has 0 amide bonds. The van der Waals surface area contributed by atoms with Crippen LogP contribution in [0, 0.1) is 11.8 Å². The molecule has 0 aliphatic heterocycles. The van der Waals surface area contributed by atoms with Crippen LogP contribution in [0.25, 0.3) is 0 Å². The van der Waals surface area contributed by atoms with Crippen molar-refractivity contribution in [3.63, 3.8) is 0 Å².